The van der Waals surface area contributed by atoms with Crippen LogP contribution >= 0.6 is 0 Å². The van der Waals surface area contributed by atoms with Gasteiger partial charge in [-0.1, -0.05) is 0 Å². The third-order valence-corrected chi connectivity index (χ3v) is 3.61. The van der Waals surface area contributed by atoms with Crippen molar-refractivity contribution in [1.82, 2.24) is 9.97 Å². The summed E-state index contributed by atoms with van der Waals surface area (Å²) in [6.07, 6.45) is 6.77. The molecule has 0 spiro atoms. The Balaban J connectivity index is 1.58. The van der Waals surface area contributed by atoms with Gasteiger partial charge >= 0.3 is 0 Å². The van der Waals surface area contributed by atoms with E-state index in [4.69, 9.17) is 0 Å². The van der Waals surface area contributed by atoms with Crippen molar-refractivity contribution in [2.24, 2.45) is 17.8 Å². The number of hydrogen-bond acceptors (Lipinski definition) is 3. The lowest BCUT2D eigenvalue weighted by atomic mass is 9.98. The summed E-state index contributed by atoms with van der Waals surface area (Å²) in [7, 11) is 0. The van der Waals surface area contributed by atoms with E-state index >= 15 is 0 Å². The molecule has 3 nitrogen and oxygen atoms in total. The molecule has 0 saturated heterocycles. The first-order valence-corrected chi connectivity index (χ1v) is 6.04. The fourth-order valence-corrected chi connectivity index (χ4v) is 2.42. The molecule has 2 aliphatic carbocycles. The van der Waals surface area contributed by atoms with Gasteiger partial charge in [-0.2, -0.15) is 4.39 Å². The molecule has 1 aromatic rings. The first-order valence-electron chi connectivity index (χ1n) is 6.04. The Morgan fingerprint density at radius 1 is 1.25 bits per heavy atom. The van der Waals surface area contributed by atoms with Gasteiger partial charge in [-0.25, -0.2) is 9.97 Å². The second-order valence-corrected chi connectivity index (χ2v) is 4.95. The van der Waals surface area contributed by atoms with E-state index in [2.05, 4.69) is 15.3 Å². The van der Waals surface area contributed by atoms with Crippen molar-refractivity contribution in [2.75, 3.05) is 11.9 Å². The zero-order valence-electron chi connectivity index (χ0n) is 9.19. The van der Waals surface area contributed by atoms with Crippen LogP contribution in [0.5, 0.6) is 0 Å². The molecule has 2 fully saturated rings. The quantitative estimate of drug-likeness (QED) is 0.776. The summed E-state index contributed by atoms with van der Waals surface area (Å²) in [6, 6.07) is 1.36. The van der Waals surface area contributed by atoms with Gasteiger partial charge in [-0.05, 0) is 43.4 Å². The molecular formula is C12H16FN3. The molecular weight excluding hydrogens is 205 g/mol. The number of halogens is 1. The van der Waals surface area contributed by atoms with Gasteiger partial charge < -0.3 is 5.32 Å². The minimum absolute atomic E-state index is 0.466. The minimum Gasteiger partial charge on any atom is -0.370 e. The lowest BCUT2D eigenvalue weighted by Gasteiger charge is -2.16. The lowest BCUT2D eigenvalue weighted by Crippen LogP contribution is -2.18. The largest absolute Gasteiger partial charge is 0.370 e. The molecule has 1 heterocycles. The van der Waals surface area contributed by atoms with Crippen molar-refractivity contribution < 1.29 is 4.39 Å². The summed E-state index contributed by atoms with van der Waals surface area (Å²) in [5.74, 6) is 2.74. The van der Waals surface area contributed by atoms with E-state index in [9.17, 15) is 4.39 Å². The maximum absolute atomic E-state index is 12.8. The van der Waals surface area contributed by atoms with Crippen LogP contribution in [0.4, 0.5) is 10.2 Å². The summed E-state index contributed by atoms with van der Waals surface area (Å²) in [6.45, 7) is 0.936. The Labute approximate surface area is 94.5 Å². The van der Waals surface area contributed by atoms with E-state index < -0.39 is 5.95 Å². The molecule has 1 N–H and O–H groups in total. The van der Waals surface area contributed by atoms with Crippen LogP contribution in [0.1, 0.15) is 25.7 Å². The predicted octanol–water partition coefficient (Wildman–Crippen LogP) is 2.46. The predicted molar refractivity (Wildman–Crippen MR) is 59.4 cm³/mol. The molecule has 16 heavy (non-hydrogen) atoms. The van der Waals surface area contributed by atoms with Gasteiger partial charge in [0.05, 0.1) is 0 Å². The number of hydrogen-bond donors (Lipinski definition) is 1. The fraction of sp³-hybridized carbons (Fsp3) is 0.667. The van der Waals surface area contributed by atoms with Crippen LogP contribution in [-0.2, 0) is 0 Å². The smallest absolute Gasteiger partial charge is 0.217 e. The highest BCUT2D eigenvalue weighted by molar-refractivity contribution is 5.32. The molecule has 0 atom stereocenters. The average molecular weight is 221 g/mol. The van der Waals surface area contributed by atoms with Crippen molar-refractivity contribution in [3.63, 3.8) is 0 Å². The van der Waals surface area contributed by atoms with Crippen molar-refractivity contribution in [1.29, 1.82) is 0 Å². The molecule has 0 radical (unpaired) electrons. The van der Waals surface area contributed by atoms with E-state index in [0.717, 1.165) is 24.3 Å². The second kappa shape index (κ2) is 4.00. The first-order chi connectivity index (χ1) is 7.83. The molecule has 0 aliphatic heterocycles. The highest BCUT2D eigenvalue weighted by Crippen LogP contribution is 2.49. The number of aromatic nitrogens is 2. The Morgan fingerprint density at radius 3 is 2.50 bits per heavy atom. The first kappa shape index (κ1) is 10.00. The van der Waals surface area contributed by atoms with Crippen LogP contribution < -0.4 is 5.32 Å². The molecule has 2 aliphatic rings. The monoisotopic (exact) mass is 221 g/mol. The molecule has 86 valence electrons. The van der Waals surface area contributed by atoms with E-state index in [1.807, 2.05) is 0 Å². The van der Waals surface area contributed by atoms with Crippen LogP contribution in [0.25, 0.3) is 0 Å². The van der Waals surface area contributed by atoms with Gasteiger partial charge in [-0.3, -0.25) is 0 Å². The van der Waals surface area contributed by atoms with Crippen molar-refractivity contribution in [3.8, 4) is 0 Å². The van der Waals surface area contributed by atoms with Crippen LogP contribution in [0.3, 0.4) is 0 Å². The number of nitrogens with zero attached hydrogens (tertiary/aromatic N) is 2. The Morgan fingerprint density at radius 2 is 1.94 bits per heavy atom. The van der Waals surface area contributed by atoms with Crippen LogP contribution in [0, 0.1) is 23.7 Å². The molecule has 0 bridgehead atoms. The zero-order chi connectivity index (χ0) is 11.0. The van der Waals surface area contributed by atoms with E-state index in [0.29, 0.717) is 5.82 Å². The maximum Gasteiger partial charge on any atom is 0.217 e. The van der Waals surface area contributed by atoms with Gasteiger partial charge in [0, 0.05) is 12.6 Å². The minimum atomic E-state index is -0.466. The summed E-state index contributed by atoms with van der Waals surface area (Å²) in [5, 5.41) is 3.24. The SMILES string of the molecule is Fc1cc(NCC(C2CC2)C2CC2)ncn1. The summed E-state index contributed by atoms with van der Waals surface area (Å²) < 4.78 is 12.8. The normalized spacial score (nSPS) is 20.1. The standard InChI is InChI=1S/C12H16FN3/c13-11-5-12(16-7-15-11)14-6-10(8-1-2-8)9-3-4-9/h5,7-10H,1-4,6H2,(H,14,15,16). The molecule has 2 saturated carbocycles. The van der Waals surface area contributed by atoms with Gasteiger partial charge in [0.1, 0.15) is 12.1 Å². The molecule has 0 amide bonds. The third-order valence-electron chi connectivity index (χ3n) is 3.61. The Hall–Kier alpha value is -1.19. The summed E-state index contributed by atoms with van der Waals surface area (Å²) in [5.41, 5.74) is 0. The van der Waals surface area contributed by atoms with Crippen molar-refractivity contribution >= 4 is 5.82 Å². The van der Waals surface area contributed by atoms with Gasteiger partial charge in [0.25, 0.3) is 0 Å². The molecule has 0 unspecified atom stereocenters. The fourth-order valence-electron chi connectivity index (χ4n) is 2.42. The Kier molecular flexibility index (Phi) is 2.50. The van der Waals surface area contributed by atoms with Gasteiger partial charge in [-0.15, -0.1) is 0 Å². The number of anilines is 1. The maximum atomic E-state index is 12.8. The molecule has 0 aromatic carbocycles. The second-order valence-electron chi connectivity index (χ2n) is 4.95. The van der Waals surface area contributed by atoms with Gasteiger partial charge in [0.2, 0.25) is 5.95 Å². The summed E-state index contributed by atoms with van der Waals surface area (Å²) in [4.78, 5) is 7.45. The van der Waals surface area contributed by atoms with E-state index in [-0.39, 0.29) is 0 Å². The van der Waals surface area contributed by atoms with Crippen molar-refractivity contribution in [2.45, 2.75) is 25.7 Å². The van der Waals surface area contributed by atoms with Crippen LogP contribution in [0.2, 0.25) is 0 Å². The zero-order valence-corrected chi connectivity index (χ0v) is 9.19. The topological polar surface area (TPSA) is 37.8 Å². The summed E-state index contributed by atoms with van der Waals surface area (Å²) >= 11 is 0. The number of nitrogens with one attached hydrogen (secondary N) is 1. The molecule has 3 rings (SSSR count). The van der Waals surface area contributed by atoms with Crippen molar-refractivity contribution in [3.05, 3.63) is 18.3 Å². The lowest BCUT2D eigenvalue weighted by molar-refractivity contribution is 0.427. The van der Waals surface area contributed by atoms with Crippen LogP contribution in [-0.4, -0.2) is 16.5 Å². The highest BCUT2D eigenvalue weighted by Gasteiger charge is 2.40. The molecule has 1 aromatic heterocycles. The van der Waals surface area contributed by atoms with E-state index in [1.165, 1.54) is 38.1 Å². The molecule has 4 heteroatoms. The number of rotatable bonds is 5. The van der Waals surface area contributed by atoms with Crippen LogP contribution in [0.15, 0.2) is 12.4 Å². The highest BCUT2D eigenvalue weighted by atomic mass is 19.1. The van der Waals surface area contributed by atoms with E-state index in [1.54, 1.807) is 0 Å². The average Bonchev–Trinajstić information content (AvgIpc) is 3.13. The van der Waals surface area contributed by atoms with Gasteiger partial charge in [0.15, 0.2) is 0 Å². The Bertz CT molecular complexity index is 362. The third kappa shape index (κ3) is 2.31.